The number of hydrogen-bond acceptors (Lipinski definition) is 1. The SMILES string of the molecule is c1ccc(-c2ccc(N(c3ccc(-c4cc(-c5ccccc5)cc(-n5c6ccccc6c6c7ccccc7ccc65)c4)cc3)c3ccc(-c4ccccc4)cc3-c3ccccc3)cc2)cc1. The quantitative estimate of drug-likeness (QED) is 0.141. The van der Waals surface area contributed by atoms with E-state index >= 15 is 0 Å². The second-order valence-corrected chi connectivity index (χ2v) is 16.9. The summed E-state index contributed by atoms with van der Waals surface area (Å²) in [6.07, 6.45) is 0. The second kappa shape index (κ2) is 16.8. The minimum Gasteiger partial charge on any atom is -0.310 e. The van der Waals surface area contributed by atoms with Crippen LogP contribution in [0.25, 0.3) is 93.9 Å². The number of rotatable bonds is 9. The lowest BCUT2D eigenvalue weighted by molar-refractivity contribution is 1.18. The van der Waals surface area contributed by atoms with E-state index in [1.54, 1.807) is 0 Å². The number of aromatic nitrogens is 1. The molecule has 12 rings (SSSR count). The summed E-state index contributed by atoms with van der Waals surface area (Å²) in [6, 6.07) is 96.9. The number of hydrogen-bond donors (Lipinski definition) is 0. The summed E-state index contributed by atoms with van der Waals surface area (Å²) in [5.41, 5.74) is 18.5. The zero-order chi connectivity index (χ0) is 43.8. The zero-order valence-electron chi connectivity index (χ0n) is 36.3. The summed E-state index contributed by atoms with van der Waals surface area (Å²) >= 11 is 0. The molecule has 310 valence electrons. The standard InChI is InChI=1S/C64H44N2/c1-5-17-45(18-6-1)48-29-35-55(36-30-48)65(62-39-34-52(46-19-7-2-8-20-46)44-60(62)50-23-11-4-12-24-50)56-37-31-49(32-38-56)54-41-53(47-21-9-3-10-22-47)42-57(43-54)66-61-28-16-15-27-59(61)64-58-26-14-13-25-51(58)33-40-63(64)66/h1-44H. The van der Waals surface area contributed by atoms with E-state index in [1.165, 1.54) is 66.0 Å². The largest absolute Gasteiger partial charge is 0.310 e. The molecule has 0 spiro atoms. The van der Waals surface area contributed by atoms with Crippen LogP contribution in [0.15, 0.2) is 267 Å². The first-order valence-corrected chi connectivity index (χ1v) is 22.7. The second-order valence-electron chi connectivity index (χ2n) is 16.9. The van der Waals surface area contributed by atoms with Gasteiger partial charge in [0.1, 0.15) is 0 Å². The zero-order valence-corrected chi connectivity index (χ0v) is 36.3. The smallest absolute Gasteiger partial charge is 0.0547 e. The van der Waals surface area contributed by atoms with Crippen molar-refractivity contribution in [2.24, 2.45) is 0 Å². The van der Waals surface area contributed by atoms with E-state index in [0.717, 1.165) is 45.0 Å². The molecule has 2 nitrogen and oxygen atoms in total. The van der Waals surface area contributed by atoms with E-state index in [-0.39, 0.29) is 0 Å². The van der Waals surface area contributed by atoms with Crippen LogP contribution in [0.4, 0.5) is 17.1 Å². The summed E-state index contributed by atoms with van der Waals surface area (Å²) in [5.74, 6) is 0. The van der Waals surface area contributed by atoms with Gasteiger partial charge in [-0.3, -0.25) is 0 Å². The Balaban J connectivity index is 1.02. The molecule has 1 aromatic heterocycles. The van der Waals surface area contributed by atoms with Gasteiger partial charge in [0.2, 0.25) is 0 Å². The Hall–Kier alpha value is -8.72. The first-order chi connectivity index (χ1) is 32.7. The van der Waals surface area contributed by atoms with Crippen molar-refractivity contribution in [3.05, 3.63) is 267 Å². The third kappa shape index (κ3) is 7.12. The van der Waals surface area contributed by atoms with Crippen molar-refractivity contribution < 1.29 is 0 Å². The summed E-state index contributed by atoms with van der Waals surface area (Å²) in [7, 11) is 0. The van der Waals surface area contributed by atoms with Crippen LogP contribution in [0.5, 0.6) is 0 Å². The molecule has 0 amide bonds. The maximum Gasteiger partial charge on any atom is 0.0547 e. The number of nitrogens with zero attached hydrogens (tertiary/aromatic N) is 2. The molecule has 0 unspecified atom stereocenters. The molecule has 0 aliphatic heterocycles. The molecule has 66 heavy (non-hydrogen) atoms. The lowest BCUT2D eigenvalue weighted by atomic mass is 9.95. The Kier molecular flexibility index (Phi) is 9.89. The summed E-state index contributed by atoms with van der Waals surface area (Å²) in [5, 5.41) is 5.05. The summed E-state index contributed by atoms with van der Waals surface area (Å²) in [6.45, 7) is 0. The molecular formula is C64H44N2. The number of para-hydroxylation sites is 1. The van der Waals surface area contributed by atoms with Gasteiger partial charge in [-0.1, -0.05) is 200 Å². The van der Waals surface area contributed by atoms with Crippen molar-refractivity contribution in [1.82, 2.24) is 4.57 Å². The molecule has 0 fully saturated rings. The Labute approximate surface area is 385 Å². The number of anilines is 3. The molecular weight excluding hydrogens is 797 g/mol. The van der Waals surface area contributed by atoms with Crippen molar-refractivity contribution in [3.8, 4) is 61.3 Å². The monoisotopic (exact) mass is 840 g/mol. The van der Waals surface area contributed by atoms with Crippen LogP contribution < -0.4 is 4.90 Å². The fraction of sp³-hybridized carbons (Fsp3) is 0. The molecule has 12 aromatic rings. The molecule has 0 saturated carbocycles. The van der Waals surface area contributed by atoms with Gasteiger partial charge in [0, 0.05) is 33.4 Å². The average Bonchev–Trinajstić information content (AvgIpc) is 3.75. The van der Waals surface area contributed by atoms with E-state index in [0.29, 0.717) is 0 Å². The topological polar surface area (TPSA) is 8.17 Å². The Bertz CT molecular complexity index is 3650. The van der Waals surface area contributed by atoms with Gasteiger partial charge in [-0.15, -0.1) is 0 Å². The van der Waals surface area contributed by atoms with Crippen molar-refractivity contribution in [2.45, 2.75) is 0 Å². The fourth-order valence-electron chi connectivity index (χ4n) is 9.78. The predicted molar refractivity (Wildman–Crippen MR) is 280 cm³/mol. The van der Waals surface area contributed by atoms with Gasteiger partial charge < -0.3 is 9.47 Å². The van der Waals surface area contributed by atoms with Crippen molar-refractivity contribution >= 4 is 49.6 Å². The van der Waals surface area contributed by atoms with Gasteiger partial charge in [0.05, 0.1) is 16.7 Å². The van der Waals surface area contributed by atoms with Crippen molar-refractivity contribution in [1.29, 1.82) is 0 Å². The Morgan fingerprint density at radius 3 is 1.33 bits per heavy atom. The molecule has 0 saturated heterocycles. The molecule has 0 atom stereocenters. The fourth-order valence-corrected chi connectivity index (χ4v) is 9.78. The van der Waals surface area contributed by atoms with Crippen LogP contribution in [-0.2, 0) is 0 Å². The molecule has 0 aliphatic rings. The number of fused-ring (bicyclic) bond motifs is 5. The third-order valence-corrected chi connectivity index (χ3v) is 13.0. The highest BCUT2D eigenvalue weighted by Crippen LogP contribution is 2.44. The highest BCUT2D eigenvalue weighted by Gasteiger charge is 2.20. The molecule has 2 heteroatoms. The van der Waals surface area contributed by atoms with Crippen LogP contribution >= 0.6 is 0 Å². The van der Waals surface area contributed by atoms with Gasteiger partial charge >= 0.3 is 0 Å². The molecule has 0 aliphatic carbocycles. The minimum atomic E-state index is 1.07. The minimum absolute atomic E-state index is 1.07. The Morgan fingerprint density at radius 1 is 0.273 bits per heavy atom. The van der Waals surface area contributed by atoms with Gasteiger partial charge in [-0.05, 0) is 128 Å². The first-order valence-electron chi connectivity index (χ1n) is 22.7. The van der Waals surface area contributed by atoms with Crippen LogP contribution in [0.3, 0.4) is 0 Å². The van der Waals surface area contributed by atoms with Crippen molar-refractivity contribution in [2.75, 3.05) is 4.90 Å². The van der Waals surface area contributed by atoms with Crippen LogP contribution in [0, 0.1) is 0 Å². The molecule has 0 N–H and O–H groups in total. The van der Waals surface area contributed by atoms with E-state index in [1.807, 2.05) is 0 Å². The normalized spacial score (nSPS) is 11.3. The van der Waals surface area contributed by atoms with Gasteiger partial charge in [0.25, 0.3) is 0 Å². The van der Waals surface area contributed by atoms with Gasteiger partial charge in [0.15, 0.2) is 0 Å². The van der Waals surface area contributed by atoms with E-state index in [2.05, 4.69) is 276 Å². The van der Waals surface area contributed by atoms with Gasteiger partial charge in [-0.25, -0.2) is 0 Å². The van der Waals surface area contributed by atoms with Crippen LogP contribution in [0.1, 0.15) is 0 Å². The summed E-state index contributed by atoms with van der Waals surface area (Å²) in [4.78, 5) is 2.41. The molecule has 0 bridgehead atoms. The van der Waals surface area contributed by atoms with E-state index in [9.17, 15) is 0 Å². The van der Waals surface area contributed by atoms with E-state index in [4.69, 9.17) is 0 Å². The third-order valence-electron chi connectivity index (χ3n) is 13.0. The lowest BCUT2D eigenvalue weighted by Crippen LogP contribution is -2.11. The van der Waals surface area contributed by atoms with Crippen LogP contribution in [0.2, 0.25) is 0 Å². The first kappa shape index (κ1) is 38.9. The molecule has 11 aromatic carbocycles. The number of benzene rings is 11. The van der Waals surface area contributed by atoms with Crippen molar-refractivity contribution in [3.63, 3.8) is 0 Å². The average molecular weight is 841 g/mol. The maximum atomic E-state index is 2.45. The maximum absolute atomic E-state index is 2.45. The Morgan fingerprint density at radius 2 is 0.727 bits per heavy atom. The highest BCUT2D eigenvalue weighted by molar-refractivity contribution is 6.21. The summed E-state index contributed by atoms with van der Waals surface area (Å²) < 4.78 is 2.45. The molecule has 1 heterocycles. The van der Waals surface area contributed by atoms with Crippen LogP contribution in [-0.4, -0.2) is 4.57 Å². The predicted octanol–water partition coefficient (Wildman–Crippen LogP) is 17.7. The highest BCUT2D eigenvalue weighted by atomic mass is 15.1. The van der Waals surface area contributed by atoms with Gasteiger partial charge in [-0.2, -0.15) is 0 Å². The molecule has 0 radical (unpaired) electrons. The van der Waals surface area contributed by atoms with E-state index < -0.39 is 0 Å². The lowest BCUT2D eigenvalue weighted by Gasteiger charge is -2.29.